The van der Waals surface area contributed by atoms with Crippen LogP contribution in [0.25, 0.3) is 0 Å². The van der Waals surface area contributed by atoms with Crippen molar-refractivity contribution in [3.05, 3.63) is 100 Å². The van der Waals surface area contributed by atoms with Gasteiger partial charge in [0, 0.05) is 5.69 Å². The van der Waals surface area contributed by atoms with Crippen LogP contribution in [-0.4, -0.2) is 15.9 Å². The molecule has 1 amide bonds. The van der Waals surface area contributed by atoms with E-state index in [0.29, 0.717) is 15.7 Å². The zero-order valence-electron chi connectivity index (χ0n) is 15.5. The summed E-state index contributed by atoms with van der Waals surface area (Å²) in [6.07, 6.45) is -1.03. The first-order valence-corrected chi connectivity index (χ1v) is 10.8. The predicted molar refractivity (Wildman–Crippen MR) is 127 cm³/mol. The lowest BCUT2D eigenvalue weighted by molar-refractivity contribution is -0.122. The molecule has 156 valence electrons. The van der Waals surface area contributed by atoms with Crippen LogP contribution in [0.15, 0.2) is 78.9 Å². The van der Waals surface area contributed by atoms with Crippen LogP contribution < -0.4 is 10.6 Å². The number of benzene rings is 3. The summed E-state index contributed by atoms with van der Waals surface area (Å²) in [6.45, 7) is 0. The van der Waals surface area contributed by atoms with E-state index in [1.165, 1.54) is 0 Å². The number of carbonyl (C=O) groups is 1. The second kappa shape index (κ2) is 10.1. The van der Waals surface area contributed by atoms with Gasteiger partial charge >= 0.3 is 0 Å². The number of anilines is 1. The molecule has 0 aliphatic heterocycles. The predicted octanol–water partition coefficient (Wildman–Crippen LogP) is 7.05. The number of alkyl halides is 3. The summed E-state index contributed by atoms with van der Waals surface area (Å²) in [4.78, 5) is 13.3. The van der Waals surface area contributed by atoms with Crippen molar-refractivity contribution in [3.63, 3.8) is 0 Å². The first kappa shape index (κ1) is 23.1. The fourth-order valence-electron chi connectivity index (χ4n) is 2.96. The maximum Gasteiger partial charge on any atom is 0.233 e. The van der Waals surface area contributed by atoms with Gasteiger partial charge < -0.3 is 10.6 Å². The quantitative estimate of drug-likeness (QED) is 0.280. The summed E-state index contributed by atoms with van der Waals surface area (Å²) in [5, 5.41) is 6.55. The Morgan fingerprint density at radius 1 is 0.767 bits per heavy atom. The van der Waals surface area contributed by atoms with Crippen molar-refractivity contribution < 1.29 is 4.79 Å². The lowest BCUT2D eigenvalue weighted by Crippen LogP contribution is -2.50. The molecule has 0 spiro atoms. The lowest BCUT2D eigenvalue weighted by atomic mass is 9.90. The van der Waals surface area contributed by atoms with Crippen molar-refractivity contribution in [2.45, 2.75) is 15.9 Å². The summed E-state index contributed by atoms with van der Waals surface area (Å²) >= 11 is 30.5. The van der Waals surface area contributed by atoms with Crippen LogP contribution in [0.5, 0.6) is 0 Å². The highest BCUT2D eigenvalue weighted by atomic mass is 35.6. The molecular formula is C22H17Cl5N2O. The molecule has 0 aliphatic carbocycles. The standard InChI is InChI=1S/C22H17Cl5N2O/c23-17-12-11-16(13-18(17)24)28-21(22(25,26)27)29-20(30)19(14-7-3-1-4-8-14)15-9-5-2-6-10-15/h1-13,19,21,28H,(H,29,30)/t21-/m0/s1. The number of rotatable bonds is 6. The second-order valence-corrected chi connectivity index (χ2v) is 9.69. The van der Waals surface area contributed by atoms with Gasteiger partial charge in [-0.15, -0.1) is 0 Å². The van der Waals surface area contributed by atoms with E-state index in [1.807, 2.05) is 60.7 Å². The molecule has 2 N–H and O–H groups in total. The molecule has 3 rings (SSSR count). The third-order valence-corrected chi connectivity index (χ3v) is 5.77. The van der Waals surface area contributed by atoms with Gasteiger partial charge in [0.2, 0.25) is 9.70 Å². The van der Waals surface area contributed by atoms with Crippen LogP contribution in [-0.2, 0) is 4.79 Å². The molecule has 0 bridgehead atoms. The van der Waals surface area contributed by atoms with Gasteiger partial charge in [-0.25, -0.2) is 0 Å². The molecule has 0 aromatic heterocycles. The largest absolute Gasteiger partial charge is 0.362 e. The summed E-state index contributed by atoms with van der Waals surface area (Å²) in [6, 6.07) is 23.7. The molecule has 0 radical (unpaired) electrons. The number of halogens is 5. The highest BCUT2D eigenvalue weighted by Gasteiger charge is 2.36. The topological polar surface area (TPSA) is 41.1 Å². The third kappa shape index (κ3) is 5.96. The smallest absolute Gasteiger partial charge is 0.233 e. The molecule has 3 nitrogen and oxygen atoms in total. The highest BCUT2D eigenvalue weighted by Crippen LogP contribution is 2.34. The Labute approximate surface area is 200 Å². The van der Waals surface area contributed by atoms with E-state index >= 15 is 0 Å². The van der Waals surface area contributed by atoms with Gasteiger partial charge in [-0.05, 0) is 29.3 Å². The minimum atomic E-state index is -1.83. The van der Waals surface area contributed by atoms with E-state index in [-0.39, 0.29) is 5.91 Å². The third-order valence-electron chi connectivity index (χ3n) is 4.37. The second-order valence-electron chi connectivity index (χ2n) is 6.51. The molecular weight excluding hydrogens is 486 g/mol. The Hall–Kier alpha value is -1.62. The fraction of sp³-hybridized carbons (Fsp3) is 0.136. The molecule has 0 heterocycles. The van der Waals surface area contributed by atoms with Crippen LogP contribution in [0, 0.1) is 0 Å². The van der Waals surface area contributed by atoms with E-state index in [2.05, 4.69) is 10.6 Å². The molecule has 0 unspecified atom stereocenters. The van der Waals surface area contributed by atoms with Gasteiger partial charge in [0.25, 0.3) is 0 Å². The number of amides is 1. The minimum absolute atomic E-state index is 0.323. The Bertz CT molecular complexity index is 954. The van der Waals surface area contributed by atoms with Crippen LogP contribution in [0.2, 0.25) is 10.0 Å². The summed E-state index contributed by atoms with van der Waals surface area (Å²) in [5.41, 5.74) is 2.18. The van der Waals surface area contributed by atoms with Crippen molar-refractivity contribution >= 4 is 69.6 Å². The molecule has 0 fully saturated rings. The number of nitrogens with one attached hydrogen (secondary N) is 2. The molecule has 3 aromatic rings. The Kier molecular flexibility index (Phi) is 7.78. The van der Waals surface area contributed by atoms with Gasteiger partial charge in [-0.2, -0.15) is 0 Å². The average Bonchev–Trinajstić information content (AvgIpc) is 2.71. The maximum absolute atomic E-state index is 13.3. The first-order valence-electron chi connectivity index (χ1n) is 8.94. The van der Waals surface area contributed by atoms with Gasteiger partial charge in [0.15, 0.2) is 0 Å². The summed E-state index contributed by atoms with van der Waals surface area (Å²) < 4.78 is -1.83. The van der Waals surface area contributed by atoms with Crippen LogP contribution >= 0.6 is 58.0 Å². The number of hydrogen-bond acceptors (Lipinski definition) is 2. The van der Waals surface area contributed by atoms with Crippen LogP contribution in [0.3, 0.4) is 0 Å². The van der Waals surface area contributed by atoms with E-state index in [4.69, 9.17) is 58.0 Å². The van der Waals surface area contributed by atoms with Crippen molar-refractivity contribution in [3.8, 4) is 0 Å². The Morgan fingerprint density at radius 3 is 1.77 bits per heavy atom. The van der Waals surface area contributed by atoms with Gasteiger partial charge in [-0.1, -0.05) is 119 Å². The monoisotopic (exact) mass is 500 g/mol. The summed E-state index contributed by atoms with van der Waals surface area (Å²) in [7, 11) is 0. The molecule has 30 heavy (non-hydrogen) atoms. The Balaban J connectivity index is 1.89. The minimum Gasteiger partial charge on any atom is -0.362 e. The van der Waals surface area contributed by atoms with Gasteiger partial charge in [0.1, 0.15) is 6.17 Å². The first-order chi connectivity index (χ1) is 14.3. The average molecular weight is 503 g/mol. The number of carbonyl (C=O) groups excluding carboxylic acids is 1. The molecule has 8 heteroatoms. The normalized spacial score (nSPS) is 12.5. The molecule has 0 saturated heterocycles. The molecule has 0 saturated carbocycles. The zero-order chi connectivity index (χ0) is 21.7. The lowest BCUT2D eigenvalue weighted by Gasteiger charge is -2.29. The zero-order valence-corrected chi connectivity index (χ0v) is 19.2. The molecule has 0 aliphatic rings. The van der Waals surface area contributed by atoms with Crippen molar-refractivity contribution in [2.75, 3.05) is 5.32 Å². The van der Waals surface area contributed by atoms with Crippen molar-refractivity contribution in [1.29, 1.82) is 0 Å². The molecule has 1 atom stereocenters. The fourth-order valence-corrected chi connectivity index (χ4v) is 3.59. The van der Waals surface area contributed by atoms with Crippen LogP contribution in [0.1, 0.15) is 17.0 Å². The maximum atomic E-state index is 13.3. The molecule has 3 aromatic carbocycles. The van der Waals surface area contributed by atoms with E-state index in [1.54, 1.807) is 18.2 Å². The van der Waals surface area contributed by atoms with E-state index < -0.39 is 15.9 Å². The van der Waals surface area contributed by atoms with Gasteiger partial charge in [0.05, 0.1) is 16.0 Å². The van der Waals surface area contributed by atoms with Crippen molar-refractivity contribution in [2.24, 2.45) is 0 Å². The summed E-state index contributed by atoms with van der Waals surface area (Å²) in [5.74, 6) is -0.908. The van der Waals surface area contributed by atoms with Crippen LogP contribution in [0.4, 0.5) is 5.69 Å². The SMILES string of the molecule is O=C(N[C@H](Nc1ccc(Cl)c(Cl)c1)C(Cl)(Cl)Cl)C(c1ccccc1)c1ccccc1. The Morgan fingerprint density at radius 2 is 1.30 bits per heavy atom. The van der Waals surface area contributed by atoms with Gasteiger partial charge in [-0.3, -0.25) is 4.79 Å². The van der Waals surface area contributed by atoms with E-state index in [9.17, 15) is 4.79 Å². The highest BCUT2D eigenvalue weighted by molar-refractivity contribution is 6.68. The number of hydrogen-bond donors (Lipinski definition) is 2. The van der Waals surface area contributed by atoms with E-state index in [0.717, 1.165) is 11.1 Å². The van der Waals surface area contributed by atoms with Crippen molar-refractivity contribution in [1.82, 2.24) is 5.32 Å².